The minimum Gasteiger partial charge on any atom is -0.492 e. The maximum Gasteiger partial charge on any atom is 0.320 e. The standard InChI is InChI=1S/C29H28N2O7S/c1-35-27(32)23(28(33)36-2)17-19-9-12-22(13-10-19)38-16-15-31-24-14-11-21(18-25(24)39-29(31)34)26(30-37-3)20-7-5-4-6-8-20/h4-14,18,23H,15-17H2,1-3H3/b30-26+. The molecule has 1 heterocycles. The normalized spacial score (nSPS) is 11.4. The Bertz CT molecular complexity index is 1510. The summed E-state index contributed by atoms with van der Waals surface area (Å²) in [6.07, 6.45) is 0.152. The summed E-state index contributed by atoms with van der Waals surface area (Å²) in [5.41, 5.74) is 4.02. The molecular formula is C29H28N2O7S. The lowest BCUT2D eigenvalue weighted by Gasteiger charge is -2.13. The average molecular weight is 549 g/mol. The number of ether oxygens (including phenoxy) is 3. The molecule has 0 bridgehead atoms. The summed E-state index contributed by atoms with van der Waals surface area (Å²) >= 11 is 1.17. The Morgan fingerprint density at radius 1 is 0.897 bits per heavy atom. The second-order valence-corrected chi connectivity index (χ2v) is 9.48. The molecule has 1 aromatic heterocycles. The number of hydrogen-bond donors (Lipinski definition) is 0. The molecule has 0 spiro atoms. The van der Waals surface area contributed by atoms with E-state index in [1.807, 2.05) is 48.5 Å². The van der Waals surface area contributed by atoms with Crippen LogP contribution in [0.2, 0.25) is 0 Å². The van der Waals surface area contributed by atoms with Gasteiger partial charge in [0.05, 0.1) is 31.0 Å². The van der Waals surface area contributed by atoms with Gasteiger partial charge in [0.2, 0.25) is 0 Å². The van der Waals surface area contributed by atoms with Crippen LogP contribution < -0.4 is 9.61 Å². The predicted octanol–water partition coefficient (Wildman–Crippen LogP) is 4.05. The number of hydrogen-bond acceptors (Lipinski definition) is 9. The fourth-order valence-corrected chi connectivity index (χ4v) is 5.10. The van der Waals surface area contributed by atoms with Gasteiger partial charge in [-0.05, 0) is 36.2 Å². The van der Waals surface area contributed by atoms with Crippen molar-refractivity contribution in [2.45, 2.75) is 13.0 Å². The van der Waals surface area contributed by atoms with E-state index in [-0.39, 0.29) is 17.9 Å². The number of oxime groups is 1. The van der Waals surface area contributed by atoms with Gasteiger partial charge in [-0.1, -0.05) is 65.0 Å². The van der Waals surface area contributed by atoms with Crippen molar-refractivity contribution in [2.24, 2.45) is 11.1 Å². The van der Waals surface area contributed by atoms with Crippen LogP contribution in [0.4, 0.5) is 0 Å². The Balaban J connectivity index is 1.43. The number of esters is 2. The first-order chi connectivity index (χ1) is 18.9. The fourth-order valence-electron chi connectivity index (χ4n) is 4.14. The van der Waals surface area contributed by atoms with Crippen LogP contribution >= 0.6 is 11.3 Å². The monoisotopic (exact) mass is 548 g/mol. The number of carbonyl (C=O) groups excluding carboxylic acids is 2. The summed E-state index contributed by atoms with van der Waals surface area (Å²) in [5, 5.41) is 4.20. The van der Waals surface area contributed by atoms with E-state index in [1.165, 1.54) is 32.7 Å². The maximum absolute atomic E-state index is 12.8. The molecule has 202 valence electrons. The number of carbonyl (C=O) groups is 2. The second kappa shape index (κ2) is 12.9. The van der Waals surface area contributed by atoms with E-state index >= 15 is 0 Å². The highest BCUT2D eigenvalue weighted by Gasteiger charge is 2.28. The number of benzene rings is 3. The van der Waals surface area contributed by atoms with E-state index in [4.69, 9.17) is 19.0 Å². The van der Waals surface area contributed by atoms with Gasteiger partial charge in [0, 0.05) is 11.1 Å². The zero-order valence-electron chi connectivity index (χ0n) is 21.8. The molecule has 3 aromatic carbocycles. The van der Waals surface area contributed by atoms with Gasteiger partial charge in [0.25, 0.3) is 0 Å². The van der Waals surface area contributed by atoms with E-state index in [0.717, 1.165) is 26.9 Å². The van der Waals surface area contributed by atoms with Crippen LogP contribution in [0.25, 0.3) is 10.2 Å². The maximum atomic E-state index is 12.8. The van der Waals surface area contributed by atoms with Crippen LogP contribution in [0.5, 0.6) is 5.75 Å². The van der Waals surface area contributed by atoms with Crippen molar-refractivity contribution in [3.63, 3.8) is 0 Å². The molecule has 0 aliphatic heterocycles. The Hall–Kier alpha value is -4.44. The molecule has 39 heavy (non-hydrogen) atoms. The summed E-state index contributed by atoms with van der Waals surface area (Å²) in [5.74, 6) is -1.73. The van der Waals surface area contributed by atoms with Gasteiger partial charge in [-0.3, -0.25) is 19.0 Å². The van der Waals surface area contributed by atoms with Gasteiger partial charge >= 0.3 is 16.8 Å². The van der Waals surface area contributed by atoms with Crippen molar-refractivity contribution in [2.75, 3.05) is 27.9 Å². The molecular weight excluding hydrogens is 520 g/mol. The van der Waals surface area contributed by atoms with Crippen molar-refractivity contribution < 1.29 is 28.6 Å². The summed E-state index contributed by atoms with van der Waals surface area (Å²) < 4.78 is 17.8. The lowest BCUT2D eigenvalue weighted by atomic mass is 9.99. The van der Waals surface area contributed by atoms with Crippen molar-refractivity contribution in [1.82, 2.24) is 4.57 Å². The Kier molecular flexibility index (Phi) is 9.11. The zero-order valence-corrected chi connectivity index (χ0v) is 22.6. The van der Waals surface area contributed by atoms with Crippen LogP contribution in [-0.2, 0) is 36.9 Å². The first kappa shape index (κ1) is 27.6. The van der Waals surface area contributed by atoms with E-state index in [0.29, 0.717) is 18.0 Å². The number of methoxy groups -OCH3 is 2. The summed E-state index contributed by atoms with van der Waals surface area (Å²) in [4.78, 5) is 41.6. The van der Waals surface area contributed by atoms with Gasteiger partial charge in [-0.25, -0.2) is 0 Å². The quantitative estimate of drug-likeness (QED) is 0.121. The number of rotatable bonds is 11. The van der Waals surface area contributed by atoms with E-state index in [1.54, 1.807) is 28.8 Å². The molecule has 4 aromatic rings. The highest BCUT2D eigenvalue weighted by molar-refractivity contribution is 7.16. The zero-order chi connectivity index (χ0) is 27.8. The van der Waals surface area contributed by atoms with Gasteiger partial charge in [-0.15, -0.1) is 0 Å². The molecule has 0 saturated carbocycles. The van der Waals surface area contributed by atoms with Crippen LogP contribution in [0.1, 0.15) is 16.7 Å². The molecule has 0 radical (unpaired) electrons. The van der Waals surface area contributed by atoms with Crippen LogP contribution in [-0.4, -0.2) is 50.2 Å². The lowest BCUT2D eigenvalue weighted by Crippen LogP contribution is -2.28. The smallest absolute Gasteiger partial charge is 0.320 e. The number of thiazole rings is 1. The highest BCUT2D eigenvalue weighted by atomic mass is 32.1. The van der Waals surface area contributed by atoms with E-state index in [9.17, 15) is 14.4 Å². The highest BCUT2D eigenvalue weighted by Crippen LogP contribution is 2.22. The molecule has 0 saturated heterocycles. The summed E-state index contributed by atoms with van der Waals surface area (Å²) in [6.45, 7) is 0.643. The molecule has 9 nitrogen and oxygen atoms in total. The third-order valence-corrected chi connectivity index (χ3v) is 7.03. The van der Waals surface area contributed by atoms with Gasteiger partial charge in [0.1, 0.15) is 25.2 Å². The average Bonchev–Trinajstić information content (AvgIpc) is 3.28. The molecule has 0 aliphatic carbocycles. The van der Waals surface area contributed by atoms with Gasteiger partial charge in [0.15, 0.2) is 5.92 Å². The first-order valence-electron chi connectivity index (χ1n) is 12.1. The van der Waals surface area contributed by atoms with Crippen molar-refractivity contribution >= 4 is 39.2 Å². The van der Waals surface area contributed by atoms with Crippen molar-refractivity contribution in [3.8, 4) is 5.75 Å². The Morgan fingerprint density at radius 3 is 2.23 bits per heavy atom. The third-order valence-electron chi connectivity index (χ3n) is 6.09. The molecule has 0 amide bonds. The minimum absolute atomic E-state index is 0.0808. The first-order valence-corrected chi connectivity index (χ1v) is 12.9. The van der Waals surface area contributed by atoms with Gasteiger partial charge < -0.3 is 19.0 Å². The van der Waals surface area contributed by atoms with E-state index in [2.05, 4.69) is 5.16 Å². The van der Waals surface area contributed by atoms with E-state index < -0.39 is 17.9 Å². The summed E-state index contributed by atoms with van der Waals surface area (Å²) in [7, 11) is 3.97. The van der Waals surface area contributed by atoms with Crippen LogP contribution in [0.15, 0.2) is 82.7 Å². The molecule has 0 aliphatic rings. The van der Waals surface area contributed by atoms with Crippen LogP contribution in [0, 0.1) is 5.92 Å². The third kappa shape index (κ3) is 6.53. The molecule has 10 heteroatoms. The Morgan fingerprint density at radius 2 is 1.59 bits per heavy atom. The minimum atomic E-state index is -1.03. The number of nitrogens with zero attached hydrogens (tertiary/aromatic N) is 2. The fraction of sp³-hybridized carbons (Fsp3) is 0.241. The van der Waals surface area contributed by atoms with Crippen LogP contribution in [0.3, 0.4) is 0 Å². The largest absolute Gasteiger partial charge is 0.492 e. The second-order valence-electron chi connectivity index (χ2n) is 8.49. The SMILES string of the molecule is CO/N=C(\c1ccccc1)c1ccc2c(c1)sc(=O)n2CCOc1ccc(CC(C(=O)OC)C(=O)OC)cc1. The number of aromatic nitrogens is 1. The molecule has 0 N–H and O–H groups in total. The topological polar surface area (TPSA) is 105 Å². The molecule has 4 rings (SSSR count). The Labute approximate surface area is 229 Å². The van der Waals surface area contributed by atoms with Gasteiger partial charge in [-0.2, -0.15) is 0 Å². The molecule has 0 fully saturated rings. The molecule has 0 atom stereocenters. The molecule has 0 unspecified atom stereocenters. The summed E-state index contributed by atoms with van der Waals surface area (Å²) in [6, 6.07) is 22.5. The lowest BCUT2D eigenvalue weighted by molar-refractivity contribution is -0.158. The number of fused-ring (bicyclic) bond motifs is 1. The predicted molar refractivity (Wildman–Crippen MR) is 148 cm³/mol. The van der Waals surface area contributed by atoms with Crippen molar-refractivity contribution in [1.29, 1.82) is 0 Å². The van der Waals surface area contributed by atoms with Crippen molar-refractivity contribution in [3.05, 3.63) is 99.2 Å².